The number of para-hydroxylation sites is 2. The Morgan fingerprint density at radius 3 is 2.50 bits per heavy atom. The molecule has 0 aromatic heterocycles. The van der Waals surface area contributed by atoms with E-state index in [-0.39, 0.29) is 11.4 Å². The first kappa shape index (κ1) is 11.8. The maximum atomic E-state index is 10.6. The number of phenolic OH excluding ortho intramolecular Hbond substituents is 1. The zero-order valence-corrected chi connectivity index (χ0v) is 9.35. The first-order valence-corrected chi connectivity index (χ1v) is 5.24. The van der Waals surface area contributed by atoms with Crippen LogP contribution >= 0.6 is 0 Å². The molecule has 0 fully saturated rings. The molecular formula is C13H10N2O3. The standard InChI is InChI=1S/C13H10N2O3/c16-13-10(5-4-8-12(13)15(17)18)9-14-11-6-2-1-3-7-11/h1-9,16H/b14-9+. The van der Waals surface area contributed by atoms with Gasteiger partial charge >= 0.3 is 5.69 Å². The Morgan fingerprint density at radius 1 is 1.11 bits per heavy atom. The highest BCUT2D eigenvalue weighted by atomic mass is 16.6. The molecule has 2 aromatic rings. The van der Waals surface area contributed by atoms with Crippen LogP contribution in [-0.4, -0.2) is 16.2 Å². The summed E-state index contributed by atoms with van der Waals surface area (Å²) in [4.78, 5) is 14.1. The van der Waals surface area contributed by atoms with Crippen molar-refractivity contribution in [2.75, 3.05) is 0 Å². The van der Waals surface area contributed by atoms with Crippen LogP contribution in [0.25, 0.3) is 0 Å². The van der Waals surface area contributed by atoms with Crippen LogP contribution < -0.4 is 0 Å². The highest BCUT2D eigenvalue weighted by Crippen LogP contribution is 2.28. The van der Waals surface area contributed by atoms with Gasteiger partial charge in [0.05, 0.1) is 10.6 Å². The van der Waals surface area contributed by atoms with Gasteiger partial charge in [-0.3, -0.25) is 15.1 Å². The largest absolute Gasteiger partial charge is 0.502 e. The minimum atomic E-state index is -0.630. The second-order valence-corrected chi connectivity index (χ2v) is 3.57. The lowest BCUT2D eigenvalue weighted by Crippen LogP contribution is -1.91. The van der Waals surface area contributed by atoms with Crippen LogP contribution in [0.3, 0.4) is 0 Å². The summed E-state index contributed by atoms with van der Waals surface area (Å²) in [5.74, 6) is -0.373. The molecule has 0 saturated carbocycles. The number of phenols is 1. The SMILES string of the molecule is O=[N+]([O-])c1cccc(/C=N/c2ccccc2)c1O. The molecule has 0 saturated heterocycles. The highest BCUT2D eigenvalue weighted by molar-refractivity contribution is 5.87. The molecule has 2 rings (SSSR count). The Morgan fingerprint density at radius 2 is 1.83 bits per heavy atom. The van der Waals surface area contributed by atoms with E-state index in [0.29, 0.717) is 11.3 Å². The van der Waals surface area contributed by atoms with E-state index in [4.69, 9.17) is 0 Å². The van der Waals surface area contributed by atoms with E-state index < -0.39 is 4.92 Å². The molecule has 0 atom stereocenters. The maximum Gasteiger partial charge on any atom is 0.311 e. The van der Waals surface area contributed by atoms with Gasteiger partial charge in [-0.2, -0.15) is 0 Å². The molecule has 18 heavy (non-hydrogen) atoms. The number of nitrogens with zero attached hydrogens (tertiary/aromatic N) is 2. The van der Waals surface area contributed by atoms with Crippen molar-refractivity contribution < 1.29 is 10.0 Å². The molecule has 5 heteroatoms. The zero-order valence-electron chi connectivity index (χ0n) is 9.35. The lowest BCUT2D eigenvalue weighted by atomic mass is 10.2. The van der Waals surface area contributed by atoms with E-state index in [1.807, 2.05) is 18.2 Å². The van der Waals surface area contributed by atoms with Crippen molar-refractivity contribution in [3.8, 4) is 5.75 Å². The van der Waals surface area contributed by atoms with Gasteiger partial charge in [0.25, 0.3) is 0 Å². The lowest BCUT2D eigenvalue weighted by Gasteiger charge is -1.99. The van der Waals surface area contributed by atoms with E-state index >= 15 is 0 Å². The van der Waals surface area contributed by atoms with Gasteiger partial charge in [-0.1, -0.05) is 24.3 Å². The summed E-state index contributed by atoms with van der Waals surface area (Å²) in [6.07, 6.45) is 1.40. The zero-order chi connectivity index (χ0) is 13.0. The molecule has 0 unspecified atom stereocenters. The Balaban J connectivity index is 2.33. The van der Waals surface area contributed by atoms with Gasteiger partial charge in [-0.05, 0) is 18.2 Å². The van der Waals surface area contributed by atoms with Crippen LogP contribution in [0, 0.1) is 10.1 Å². The molecule has 0 aliphatic rings. The fraction of sp³-hybridized carbons (Fsp3) is 0. The van der Waals surface area contributed by atoms with Crippen molar-refractivity contribution in [3.63, 3.8) is 0 Å². The second-order valence-electron chi connectivity index (χ2n) is 3.57. The first-order valence-electron chi connectivity index (χ1n) is 5.24. The number of hydrogen-bond acceptors (Lipinski definition) is 4. The van der Waals surface area contributed by atoms with E-state index in [1.165, 1.54) is 18.3 Å². The van der Waals surface area contributed by atoms with Gasteiger partial charge in [-0.15, -0.1) is 0 Å². The van der Waals surface area contributed by atoms with Crippen LogP contribution in [0.15, 0.2) is 53.5 Å². The quantitative estimate of drug-likeness (QED) is 0.510. The van der Waals surface area contributed by atoms with Crippen molar-refractivity contribution >= 4 is 17.6 Å². The third-order valence-corrected chi connectivity index (χ3v) is 2.35. The molecule has 0 aliphatic heterocycles. The summed E-state index contributed by atoms with van der Waals surface area (Å²) in [5.41, 5.74) is 0.698. The summed E-state index contributed by atoms with van der Waals surface area (Å²) in [5, 5.41) is 20.4. The van der Waals surface area contributed by atoms with Gasteiger partial charge in [0.1, 0.15) is 0 Å². The van der Waals surface area contributed by atoms with Crippen molar-refractivity contribution in [1.29, 1.82) is 0 Å². The van der Waals surface area contributed by atoms with Crippen molar-refractivity contribution in [2.45, 2.75) is 0 Å². The van der Waals surface area contributed by atoms with Gasteiger partial charge in [0.15, 0.2) is 0 Å². The minimum absolute atomic E-state index is 0.313. The summed E-state index contributed by atoms with van der Waals surface area (Å²) in [6.45, 7) is 0. The van der Waals surface area contributed by atoms with E-state index in [2.05, 4.69) is 4.99 Å². The van der Waals surface area contributed by atoms with Gasteiger partial charge in [-0.25, -0.2) is 0 Å². The molecule has 5 nitrogen and oxygen atoms in total. The summed E-state index contributed by atoms with van der Waals surface area (Å²) in [7, 11) is 0. The molecule has 0 heterocycles. The molecule has 0 aliphatic carbocycles. The Hall–Kier alpha value is -2.69. The number of nitro benzene ring substituents is 1. The van der Waals surface area contributed by atoms with Gasteiger partial charge < -0.3 is 5.11 Å². The van der Waals surface area contributed by atoms with E-state index in [9.17, 15) is 15.2 Å². The number of benzene rings is 2. The molecule has 0 bridgehead atoms. The molecule has 2 aromatic carbocycles. The van der Waals surface area contributed by atoms with Crippen LogP contribution in [-0.2, 0) is 0 Å². The minimum Gasteiger partial charge on any atom is -0.502 e. The average molecular weight is 242 g/mol. The topological polar surface area (TPSA) is 75.7 Å². The van der Waals surface area contributed by atoms with Crippen molar-refractivity contribution in [3.05, 3.63) is 64.2 Å². The Kier molecular flexibility index (Phi) is 3.33. The summed E-state index contributed by atoms with van der Waals surface area (Å²) < 4.78 is 0. The van der Waals surface area contributed by atoms with Crippen molar-refractivity contribution in [1.82, 2.24) is 0 Å². The third kappa shape index (κ3) is 2.52. The van der Waals surface area contributed by atoms with E-state index in [0.717, 1.165) is 0 Å². The maximum absolute atomic E-state index is 10.6. The molecule has 1 N–H and O–H groups in total. The molecule has 0 spiro atoms. The number of nitro groups is 1. The fourth-order valence-electron chi connectivity index (χ4n) is 1.46. The fourth-order valence-corrected chi connectivity index (χ4v) is 1.46. The monoisotopic (exact) mass is 242 g/mol. The van der Waals surface area contributed by atoms with Crippen LogP contribution in [0.2, 0.25) is 0 Å². The normalized spacial score (nSPS) is 10.7. The number of aromatic hydroxyl groups is 1. The number of hydrogen-bond donors (Lipinski definition) is 1. The molecular weight excluding hydrogens is 232 g/mol. The molecule has 0 radical (unpaired) electrons. The van der Waals surface area contributed by atoms with Gasteiger partial charge in [0, 0.05) is 17.8 Å². The van der Waals surface area contributed by atoms with Crippen molar-refractivity contribution in [2.24, 2.45) is 4.99 Å². The predicted molar refractivity (Wildman–Crippen MR) is 68.5 cm³/mol. The number of rotatable bonds is 3. The van der Waals surface area contributed by atoms with E-state index in [1.54, 1.807) is 18.2 Å². The second kappa shape index (κ2) is 5.09. The summed E-state index contributed by atoms with van der Waals surface area (Å²) in [6, 6.07) is 13.4. The Bertz CT molecular complexity index is 594. The van der Waals surface area contributed by atoms with Crippen LogP contribution in [0.4, 0.5) is 11.4 Å². The first-order chi connectivity index (χ1) is 8.68. The smallest absolute Gasteiger partial charge is 0.311 e. The highest BCUT2D eigenvalue weighted by Gasteiger charge is 2.14. The predicted octanol–water partition coefficient (Wildman–Crippen LogP) is 3.05. The summed E-state index contributed by atoms with van der Waals surface area (Å²) >= 11 is 0. The average Bonchev–Trinajstić information content (AvgIpc) is 2.38. The number of aliphatic imine (C=N–C) groups is 1. The molecule has 0 amide bonds. The molecule has 90 valence electrons. The van der Waals surface area contributed by atoms with Crippen LogP contribution in [0.1, 0.15) is 5.56 Å². The lowest BCUT2D eigenvalue weighted by molar-refractivity contribution is -0.385. The third-order valence-electron chi connectivity index (χ3n) is 2.35. The van der Waals surface area contributed by atoms with Gasteiger partial charge in [0.2, 0.25) is 5.75 Å². The van der Waals surface area contributed by atoms with Crippen LogP contribution in [0.5, 0.6) is 5.75 Å². The Labute approximate surface area is 103 Å².